The Bertz CT molecular complexity index is 203. The fourth-order valence-corrected chi connectivity index (χ4v) is 1.38. The zero-order valence-electron chi connectivity index (χ0n) is 10.1. The molecule has 1 atom stereocenters. The van der Waals surface area contributed by atoms with E-state index in [4.69, 9.17) is 9.47 Å². The zero-order chi connectivity index (χ0) is 11.8. The number of hydrogen-bond donors (Lipinski definition) is 2. The average molecular weight is 230 g/mol. The molecule has 1 amide bonds. The molecule has 5 nitrogen and oxygen atoms in total. The lowest BCUT2D eigenvalue weighted by molar-refractivity contribution is -0.127. The molecule has 16 heavy (non-hydrogen) atoms. The SMILES string of the molecule is CC(C)CNC(=O)COCC1CNCCO1. The van der Waals surface area contributed by atoms with E-state index < -0.39 is 0 Å². The van der Waals surface area contributed by atoms with Crippen molar-refractivity contribution in [1.29, 1.82) is 0 Å². The van der Waals surface area contributed by atoms with Crippen LogP contribution in [0.2, 0.25) is 0 Å². The zero-order valence-corrected chi connectivity index (χ0v) is 10.1. The highest BCUT2D eigenvalue weighted by Gasteiger charge is 2.13. The second-order valence-corrected chi connectivity index (χ2v) is 4.41. The number of rotatable bonds is 6. The Kier molecular flexibility index (Phi) is 6.37. The normalized spacial score (nSPS) is 21.1. The van der Waals surface area contributed by atoms with Gasteiger partial charge in [-0.1, -0.05) is 13.8 Å². The quantitative estimate of drug-likeness (QED) is 0.661. The van der Waals surface area contributed by atoms with E-state index in [2.05, 4.69) is 24.5 Å². The van der Waals surface area contributed by atoms with Crippen molar-refractivity contribution in [3.8, 4) is 0 Å². The van der Waals surface area contributed by atoms with E-state index in [1.165, 1.54) is 0 Å². The smallest absolute Gasteiger partial charge is 0.246 e. The first-order valence-corrected chi connectivity index (χ1v) is 5.85. The lowest BCUT2D eigenvalue weighted by Crippen LogP contribution is -2.41. The molecule has 0 saturated carbocycles. The van der Waals surface area contributed by atoms with Crippen LogP contribution in [-0.2, 0) is 14.3 Å². The van der Waals surface area contributed by atoms with Crippen molar-refractivity contribution < 1.29 is 14.3 Å². The summed E-state index contributed by atoms with van der Waals surface area (Å²) in [6.45, 7) is 7.82. The van der Waals surface area contributed by atoms with Crippen molar-refractivity contribution in [3.63, 3.8) is 0 Å². The molecule has 94 valence electrons. The molecule has 0 aromatic heterocycles. The molecule has 5 heteroatoms. The van der Waals surface area contributed by atoms with Gasteiger partial charge < -0.3 is 20.1 Å². The Balaban J connectivity index is 1.99. The van der Waals surface area contributed by atoms with Crippen LogP contribution in [0, 0.1) is 5.92 Å². The molecule has 0 bridgehead atoms. The van der Waals surface area contributed by atoms with E-state index in [0.29, 0.717) is 25.7 Å². The largest absolute Gasteiger partial charge is 0.373 e. The van der Waals surface area contributed by atoms with Crippen LogP contribution in [0.3, 0.4) is 0 Å². The van der Waals surface area contributed by atoms with E-state index in [0.717, 1.165) is 13.1 Å². The molecule has 1 aliphatic heterocycles. The third kappa shape index (κ3) is 6.05. The summed E-state index contributed by atoms with van der Waals surface area (Å²) in [5.74, 6) is 0.410. The molecule has 1 saturated heterocycles. The number of carbonyl (C=O) groups excluding carboxylic acids is 1. The van der Waals surface area contributed by atoms with Crippen LogP contribution >= 0.6 is 0 Å². The van der Waals surface area contributed by atoms with Gasteiger partial charge in [-0.25, -0.2) is 0 Å². The summed E-state index contributed by atoms with van der Waals surface area (Å²) >= 11 is 0. The Morgan fingerprint density at radius 1 is 1.62 bits per heavy atom. The summed E-state index contributed by atoms with van der Waals surface area (Å²) in [6, 6.07) is 0. The van der Waals surface area contributed by atoms with E-state index in [9.17, 15) is 4.79 Å². The predicted molar refractivity (Wildman–Crippen MR) is 61.3 cm³/mol. The van der Waals surface area contributed by atoms with Crippen LogP contribution < -0.4 is 10.6 Å². The highest BCUT2D eigenvalue weighted by atomic mass is 16.5. The second-order valence-electron chi connectivity index (χ2n) is 4.41. The summed E-state index contributed by atoms with van der Waals surface area (Å²) in [7, 11) is 0. The maximum atomic E-state index is 11.3. The third-order valence-electron chi connectivity index (χ3n) is 2.25. The summed E-state index contributed by atoms with van der Waals surface area (Å²) in [5, 5.41) is 6.01. The van der Waals surface area contributed by atoms with Crippen molar-refractivity contribution in [2.45, 2.75) is 20.0 Å². The first kappa shape index (κ1) is 13.4. The molecule has 0 spiro atoms. The molecule has 0 aromatic carbocycles. The topological polar surface area (TPSA) is 59.6 Å². The lowest BCUT2D eigenvalue weighted by atomic mass is 10.2. The van der Waals surface area contributed by atoms with Crippen molar-refractivity contribution in [3.05, 3.63) is 0 Å². The molecule has 1 heterocycles. The van der Waals surface area contributed by atoms with Gasteiger partial charge in [0.25, 0.3) is 0 Å². The number of morpholine rings is 1. The van der Waals surface area contributed by atoms with Gasteiger partial charge in [-0.15, -0.1) is 0 Å². The van der Waals surface area contributed by atoms with Crippen molar-refractivity contribution >= 4 is 5.91 Å². The molecular weight excluding hydrogens is 208 g/mol. The maximum Gasteiger partial charge on any atom is 0.246 e. The monoisotopic (exact) mass is 230 g/mol. The Hall–Kier alpha value is -0.650. The summed E-state index contributed by atoms with van der Waals surface area (Å²) in [4.78, 5) is 11.3. The van der Waals surface area contributed by atoms with Crippen molar-refractivity contribution in [1.82, 2.24) is 10.6 Å². The molecule has 1 unspecified atom stereocenters. The molecule has 0 aliphatic carbocycles. The molecule has 1 fully saturated rings. The molecule has 1 aliphatic rings. The fourth-order valence-electron chi connectivity index (χ4n) is 1.38. The Labute approximate surface area is 96.9 Å². The summed E-state index contributed by atoms with van der Waals surface area (Å²) < 4.78 is 10.7. The van der Waals surface area contributed by atoms with Crippen LogP contribution in [-0.4, -0.2) is 51.5 Å². The molecule has 0 aromatic rings. The van der Waals surface area contributed by atoms with Gasteiger partial charge in [0, 0.05) is 19.6 Å². The number of amides is 1. The number of hydrogen-bond acceptors (Lipinski definition) is 4. The van der Waals surface area contributed by atoms with Crippen molar-refractivity contribution in [2.24, 2.45) is 5.92 Å². The number of nitrogens with one attached hydrogen (secondary N) is 2. The minimum Gasteiger partial charge on any atom is -0.373 e. The molecule has 0 radical (unpaired) electrons. The van der Waals surface area contributed by atoms with Crippen LogP contribution in [0.15, 0.2) is 0 Å². The van der Waals surface area contributed by atoms with E-state index in [1.54, 1.807) is 0 Å². The second kappa shape index (κ2) is 7.60. The first-order valence-electron chi connectivity index (χ1n) is 5.85. The van der Waals surface area contributed by atoms with Gasteiger partial charge in [-0.3, -0.25) is 4.79 Å². The van der Waals surface area contributed by atoms with Gasteiger partial charge in [-0.05, 0) is 5.92 Å². The molecule has 2 N–H and O–H groups in total. The minimum absolute atomic E-state index is 0.0579. The van der Waals surface area contributed by atoms with E-state index in [-0.39, 0.29) is 18.6 Å². The van der Waals surface area contributed by atoms with Crippen LogP contribution in [0.4, 0.5) is 0 Å². The predicted octanol–water partition coefficient (Wildman–Crippen LogP) is -0.236. The van der Waals surface area contributed by atoms with Gasteiger partial charge in [0.2, 0.25) is 5.91 Å². The fraction of sp³-hybridized carbons (Fsp3) is 0.909. The van der Waals surface area contributed by atoms with Crippen LogP contribution in [0.5, 0.6) is 0 Å². The van der Waals surface area contributed by atoms with Crippen LogP contribution in [0.25, 0.3) is 0 Å². The van der Waals surface area contributed by atoms with Crippen molar-refractivity contribution in [2.75, 3.05) is 39.5 Å². The Morgan fingerprint density at radius 3 is 3.06 bits per heavy atom. The molecule has 1 rings (SSSR count). The van der Waals surface area contributed by atoms with Gasteiger partial charge in [0.05, 0.1) is 19.3 Å². The van der Waals surface area contributed by atoms with E-state index >= 15 is 0 Å². The standard InChI is InChI=1S/C11H22N2O3/c1-9(2)5-13-11(14)8-15-7-10-6-12-3-4-16-10/h9-10,12H,3-8H2,1-2H3,(H,13,14). The highest BCUT2D eigenvalue weighted by molar-refractivity contribution is 5.77. The van der Waals surface area contributed by atoms with Gasteiger partial charge in [-0.2, -0.15) is 0 Å². The van der Waals surface area contributed by atoms with Gasteiger partial charge in [0.1, 0.15) is 6.61 Å². The minimum atomic E-state index is -0.0579. The maximum absolute atomic E-state index is 11.3. The number of carbonyl (C=O) groups is 1. The molecular formula is C11H22N2O3. The third-order valence-corrected chi connectivity index (χ3v) is 2.25. The highest BCUT2D eigenvalue weighted by Crippen LogP contribution is 1.96. The summed E-state index contributed by atoms with van der Waals surface area (Å²) in [5.41, 5.74) is 0. The van der Waals surface area contributed by atoms with E-state index in [1.807, 2.05) is 0 Å². The van der Waals surface area contributed by atoms with Gasteiger partial charge >= 0.3 is 0 Å². The summed E-state index contributed by atoms with van der Waals surface area (Å²) in [6.07, 6.45) is 0.0756. The van der Waals surface area contributed by atoms with Gasteiger partial charge in [0.15, 0.2) is 0 Å². The number of ether oxygens (including phenoxy) is 2. The van der Waals surface area contributed by atoms with Crippen LogP contribution in [0.1, 0.15) is 13.8 Å². The average Bonchev–Trinajstić information content (AvgIpc) is 2.28. The Morgan fingerprint density at radius 2 is 2.44 bits per heavy atom. The first-order chi connectivity index (χ1) is 7.68. The lowest BCUT2D eigenvalue weighted by Gasteiger charge is -2.23.